The van der Waals surface area contributed by atoms with Gasteiger partial charge in [-0.15, -0.1) is 0 Å². The van der Waals surface area contributed by atoms with Crippen LogP contribution in [0.15, 0.2) is 27.4 Å². The minimum absolute atomic E-state index is 0.107. The molecule has 6 heteroatoms. The second-order valence-corrected chi connectivity index (χ2v) is 5.55. The van der Waals surface area contributed by atoms with Gasteiger partial charge in [0.05, 0.1) is 17.2 Å². The van der Waals surface area contributed by atoms with E-state index in [0.717, 1.165) is 19.3 Å². The Bertz CT molecular complexity index is 731. The van der Waals surface area contributed by atoms with E-state index in [1.54, 1.807) is 25.2 Å². The number of carbonyl (C=O) groups excluding carboxylic acids is 1. The van der Waals surface area contributed by atoms with Crippen LogP contribution in [0.5, 0.6) is 0 Å². The van der Waals surface area contributed by atoms with E-state index in [2.05, 4.69) is 5.32 Å². The number of carbonyl (C=O) groups is 1. The first-order valence-electron chi connectivity index (χ1n) is 7.12. The molecule has 1 aliphatic rings. The molecule has 2 aromatic rings. The van der Waals surface area contributed by atoms with Crippen molar-refractivity contribution in [2.24, 2.45) is 13.0 Å². The normalized spacial score (nSPS) is 21.8. The predicted octanol–water partition coefficient (Wildman–Crippen LogP) is 1.02. The van der Waals surface area contributed by atoms with Gasteiger partial charge in [0.25, 0.3) is 5.91 Å². The second-order valence-electron chi connectivity index (χ2n) is 5.55. The molecule has 1 aliphatic carbocycles. The summed E-state index contributed by atoms with van der Waals surface area (Å²) in [5, 5.41) is 12.6. The summed E-state index contributed by atoms with van der Waals surface area (Å²) < 4.78 is 6.51. The van der Waals surface area contributed by atoms with E-state index in [0.29, 0.717) is 23.2 Å². The molecule has 0 bridgehead atoms. The topological polar surface area (TPSA) is 84.5 Å². The number of nitrogens with one attached hydrogen (secondary N) is 1. The first-order chi connectivity index (χ1) is 10.1. The Morgan fingerprint density at radius 2 is 2.29 bits per heavy atom. The van der Waals surface area contributed by atoms with Crippen LogP contribution in [0, 0.1) is 5.92 Å². The van der Waals surface area contributed by atoms with Crippen LogP contribution in [-0.4, -0.2) is 28.2 Å². The van der Waals surface area contributed by atoms with E-state index in [-0.39, 0.29) is 17.9 Å². The molecule has 0 spiro atoms. The van der Waals surface area contributed by atoms with Crippen LogP contribution >= 0.6 is 0 Å². The summed E-state index contributed by atoms with van der Waals surface area (Å²) >= 11 is 0. The van der Waals surface area contributed by atoms with Gasteiger partial charge in [0, 0.05) is 19.5 Å². The summed E-state index contributed by atoms with van der Waals surface area (Å²) in [5.74, 6) is -0.665. The maximum absolute atomic E-state index is 12.3. The molecule has 1 fully saturated rings. The zero-order chi connectivity index (χ0) is 15.0. The molecule has 0 saturated heterocycles. The van der Waals surface area contributed by atoms with E-state index in [1.807, 2.05) is 0 Å². The van der Waals surface area contributed by atoms with Crippen LogP contribution in [0.3, 0.4) is 0 Å². The van der Waals surface area contributed by atoms with Crippen LogP contribution in [0.1, 0.15) is 29.6 Å². The Labute approximate surface area is 121 Å². The lowest BCUT2D eigenvalue weighted by atomic mass is 10.1. The monoisotopic (exact) mass is 290 g/mol. The van der Waals surface area contributed by atoms with Gasteiger partial charge in [0.1, 0.15) is 0 Å². The molecule has 2 unspecified atom stereocenters. The summed E-state index contributed by atoms with van der Waals surface area (Å²) in [7, 11) is 1.60. The number of para-hydroxylation sites is 1. The number of aliphatic hydroxyl groups excluding tert-OH is 1. The number of aliphatic hydroxyl groups is 1. The Morgan fingerprint density at radius 3 is 3.00 bits per heavy atom. The predicted molar refractivity (Wildman–Crippen MR) is 77.1 cm³/mol. The summed E-state index contributed by atoms with van der Waals surface area (Å²) in [4.78, 5) is 23.8. The van der Waals surface area contributed by atoms with Crippen LogP contribution < -0.4 is 11.1 Å². The molecule has 1 heterocycles. The first-order valence-corrected chi connectivity index (χ1v) is 7.12. The Hall–Kier alpha value is -2.08. The number of oxazole rings is 1. The SMILES string of the molecule is Cn1c(=O)oc2c(C(=O)NCC3CCCC3O)cccc21. The highest BCUT2D eigenvalue weighted by molar-refractivity contribution is 6.04. The van der Waals surface area contributed by atoms with Gasteiger partial charge >= 0.3 is 5.76 Å². The van der Waals surface area contributed by atoms with Crippen molar-refractivity contribution in [2.45, 2.75) is 25.4 Å². The third-order valence-electron chi connectivity index (χ3n) is 4.21. The maximum atomic E-state index is 12.3. The molecular formula is C15H18N2O4. The van der Waals surface area contributed by atoms with E-state index in [4.69, 9.17) is 4.42 Å². The average Bonchev–Trinajstić information content (AvgIpc) is 3.01. The number of hydrogen-bond donors (Lipinski definition) is 2. The van der Waals surface area contributed by atoms with Crippen molar-refractivity contribution in [2.75, 3.05) is 6.54 Å². The molecule has 1 saturated carbocycles. The summed E-state index contributed by atoms with van der Waals surface area (Å²) in [6, 6.07) is 5.08. The van der Waals surface area contributed by atoms with E-state index >= 15 is 0 Å². The number of benzene rings is 1. The fraction of sp³-hybridized carbons (Fsp3) is 0.467. The van der Waals surface area contributed by atoms with Crippen LogP contribution in [-0.2, 0) is 7.05 Å². The van der Waals surface area contributed by atoms with Gasteiger partial charge < -0.3 is 14.8 Å². The zero-order valence-corrected chi connectivity index (χ0v) is 11.8. The van der Waals surface area contributed by atoms with Crippen molar-refractivity contribution >= 4 is 17.0 Å². The third kappa shape index (κ3) is 2.47. The van der Waals surface area contributed by atoms with Crippen molar-refractivity contribution in [1.82, 2.24) is 9.88 Å². The van der Waals surface area contributed by atoms with Crippen molar-refractivity contribution < 1.29 is 14.3 Å². The highest BCUT2D eigenvalue weighted by atomic mass is 16.4. The first kappa shape index (κ1) is 13.9. The number of aryl methyl sites for hydroxylation is 1. The largest absolute Gasteiger partial charge is 0.419 e. The van der Waals surface area contributed by atoms with E-state index in [1.165, 1.54) is 4.57 Å². The fourth-order valence-electron chi connectivity index (χ4n) is 2.90. The van der Waals surface area contributed by atoms with Crippen LogP contribution in [0.25, 0.3) is 11.1 Å². The van der Waals surface area contributed by atoms with Crippen molar-refractivity contribution in [1.29, 1.82) is 0 Å². The number of rotatable bonds is 3. The number of amides is 1. The molecule has 2 N–H and O–H groups in total. The molecule has 2 atom stereocenters. The number of hydrogen-bond acceptors (Lipinski definition) is 4. The van der Waals surface area contributed by atoms with Crippen molar-refractivity contribution in [3.05, 3.63) is 34.3 Å². The van der Waals surface area contributed by atoms with Gasteiger partial charge in [0.15, 0.2) is 5.58 Å². The zero-order valence-electron chi connectivity index (χ0n) is 11.8. The Morgan fingerprint density at radius 1 is 1.48 bits per heavy atom. The van der Waals surface area contributed by atoms with Crippen molar-refractivity contribution in [3.63, 3.8) is 0 Å². The van der Waals surface area contributed by atoms with Gasteiger partial charge in [-0.1, -0.05) is 12.5 Å². The van der Waals surface area contributed by atoms with Crippen LogP contribution in [0.2, 0.25) is 0 Å². The highest BCUT2D eigenvalue weighted by Gasteiger charge is 2.26. The van der Waals surface area contributed by atoms with Gasteiger partial charge in [-0.2, -0.15) is 0 Å². The van der Waals surface area contributed by atoms with Crippen molar-refractivity contribution in [3.8, 4) is 0 Å². The minimum Gasteiger partial charge on any atom is -0.407 e. The second kappa shape index (κ2) is 5.37. The molecule has 112 valence electrons. The Kier molecular flexibility index (Phi) is 3.55. The molecule has 1 aromatic carbocycles. The third-order valence-corrected chi connectivity index (χ3v) is 4.21. The molecule has 3 rings (SSSR count). The van der Waals surface area contributed by atoms with Gasteiger partial charge in [-0.25, -0.2) is 4.79 Å². The number of nitrogens with zero attached hydrogens (tertiary/aromatic N) is 1. The smallest absolute Gasteiger partial charge is 0.407 e. The quantitative estimate of drug-likeness (QED) is 0.884. The molecule has 1 amide bonds. The lowest BCUT2D eigenvalue weighted by Crippen LogP contribution is -2.32. The van der Waals surface area contributed by atoms with Gasteiger partial charge in [-0.05, 0) is 25.0 Å². The number of aromatic nitrogens is 1. The molecule has 0 aliphatic heterocycles. The maximum Gasteiger partial charge on any atom is 0.419 e. The summed E-state index contributed by atoms with van der Waals surface area (Å²) in [5.41, 5.74) is 1.24. The highest BCUT2D eigenvalue weighted by Crippen LogP contribution is 2.25. The summed E-state index contributed by atoms with van der Waals surface area (Å²) in [6.45, 7) is 0.438. The summed E-state index contributed by atoms with van der Waals surface area (Å²) in [6.07, 6.45) is 2.37. The Balaban J connectivity index is 1.81. The minimum atomic E-state index is -0.489. The molecule has 1 aromatic heterocycles. The lowest BCUT2D eigenvalue weighted by molar-refractivity contribution is 0.0917. The van der Waals surface area contributed by atoms with Crippen LogP contribution in [0.4, 0.5) is 0 Å². The molecular weight excluding hydrogens is 272 g/mol. The van der Waals surface area contributed by atoms with E-state index < -0.39 is 5.76 Å². The van der Waals surface area contributed by atoms with Gasteiger partial charge in [-0.3, -0.25) is 9.36 Å². The van der Waals surface area contributed by atoms with E-state index in [9.17, 15) is 14.7 Å². The van der Waals surface area contributed by atoms with Gasteiger partial charge in [0.2, 0.25) is 0 Å². The standard InChI is InChI=1S/C15H18N2O4/c1-17-11-6-3-5-10(13(11)21-15(17)20)14(19)16-8-9-4-2-7-12(9)18/h3,5-6,9,12,18H,2,4,7-8H2,1H3,(H,16,19). The molecule has 6 nitrogen and oxygen atoms in total. The lowest BCUT2D eigenvalue weighted by Gasteiger charge is -2.15. The molecule has 21 heavy (non-hydrogen) atoms. The molecule has 0 radical (unpaired) electrons. The fourth-order valence-corrected chi connectivity index (χ4v) is 2.90. The average molecular weight is 290 g/mol. The number of fused-ring (bicyclic) bond motifs is 1.